The van der Waals surface area contributed by atoms with Crippen molar-refractivity contribution in [2.24, 2.45) is 10.9 Å². The van der Waals surface area contributed by atoms with Crippen LogP contribution in [0.4, 0.5) is 5.69 Å². The van der Waals surface area contributed by atoms with Gasteiger partial charge in [0.15, 0.2) is 5.84 Å². The topological polar surface area (TPSA) is 61.8 Å². The first-order valence-electron chi connectivity index (χ1n) is 6.64. The van der Waals surface area contributed by atoms with E-state index in [1.54, 1.807) is 0 Å². The number of hydrogen-bond donors (Lipinski definition) is 2. The molecule has 0 aliphatic rings. The van der Waals surface area contributed by atoms with Gasteiger partial charge in [-0.2, -0.15) is 0 Å². The van der Waals surface area contributed by atoms with Crippen molar-refractivity contribution in [3.05, 3.63) is 64.1 Å². The Balaban J connectivity index is 2.18. The van der Waals surface area contributed by atoms with Gasteiger partial charge in [0.25, 0.3) is 0 Å². The van der Waals surface area contributed by atoms with E-state index in [-0.39, 0.29) is 5.84 Å². The number of halogens is 1. The van der Waals surface area contributed by atoms with Crippen LogP contribution in [0, 0.1) is 0 Å². The molecular weight excluding hydrogens is 330 g/mol. The van der Waals surface area contributed by atoms with Crippen LogP contribution in [0.15, 0.2) is 58.2 Å². The van der Waals surface area contributed by atoms with Crippen LogP contribution < -0.4 is 10.6 Å². The third kappa shape index (κ3) is 3.98. The van der Waals surface area contributed by atoms with Crippen molar-refractivity contribution >= 4 is 27.5 Å². The van der Waals surface area contributed by atoms with Crippen LogP contribution in [-0.4, -0.2) is 24.6 Å². The van der Waals surface area contributed by atoms with Gasteiger partial charge in [-0.3, -0.25) is 0 Å². The van der Waals surface area contributed by atoms with Gasteiger partial charge in [0.2, 0.25) is 0 Å². The largest absolute Gasteiger partial charge is 0.409 e. The molecule has 2 aromatic rings. The number of anilines is 1. The lowest BCUT2D eigenvalue weighted by Gasteiger charge is -2.22. The molecule has 2 aromatic carbocycles. The van der Waals surface area contributed by atoms with Gasteiger partial charge in [-0.25, -0.2) is 0 Å². The van der Waals surface area contributed by atoms with Crippen LogP contribution in [-0.2, 0) is 6.42 Å². The average Bonchev–Trinajstić information content (AvgIpc) is 2.52. The molecule has 0 saturated carbocycles. The minimum atomic E-state index is 0.115. The number of rotatable bonds is 5. The summed E-state index contributed by atoms with van der Waals surface area (Å²) in [7, 11) is 2.00. The first-order valence-corrected chi connectivity index (χ1v) is 7.43. The van der Waals surface area contributed by atoms with Crippen molar-refractivity contribution in [2.45, 2.75) is 6.42 Å². The van der Waals surface area contributed by atoms with Crippen LogP contribution >= 0.6 is 15.9 Å². The predicted molar refractivity (Wildman–Crippen MR) is 90.1 cm³/mol. The highest BCUT2D eigenvalue weighted by Gasteiger charge is 2.11. The Hall–Kier alpha value is -2.01. The normalized spacial score (nSPS) is 11.4. The van der Waals surface area contributed by atoms with Crippen molar-refractivity contribution in [3.8, 4) is 0 Å². The minimum absolute atomic E-state index is 0.115. The monoisotopic (exact) mass is 347 g/mol. The summed E-state index contributed by atoms with van der Waals surface area (Å²) < 4.78 is 0.957. The maximum atomic E-state index is 8.90. The van der Waals surface area contributed by atoms with E-state index in [4.69, 9.17) is 10.9 Å². The van der Waals surface area contributed by atoms with E-state index in [0.717, 1.165) is 28.7 Å². The molecule has 0 amide bonds. The van der Waals surface area contributed by atoms with E-state index < -0.39 is 0 Å². The van der Waals surface area contributed by atoms with E-state index in [0.29, 0.717) is 0 Å². The summed E-state index contributed by atoms with van der Waals surface area (Å²) in [6.45, 7) is 0.839. The van der Waals surface area contributed by atoms with Gasteiger partial charge in [-0.1, -0.05) is 51.4 Å². The zero-order chi connectivity index (χ0) is 15.2. The molecule has 21 heavy (non-hydrogen) atoms. The summed E-state index contributed by atoms with van der Waals surface area (Å²) >= 11 is 3.46. The van der Waals surface area contributed by atoms with Gasteiger partial charge in [0, 0.05) is 29.3 Å². The summed E-state index contributed by atoms with van der Waals surface area (Å²) in [5.41, 5.74) is 8.68. The summed E-state index contributed by atoms with van der Waals surface area (Å²) in [5.74, 6) is 0.115. The average molecular weight is 348 g/mol. The van der Waals surface area contributed by atoms with Crippen LogP contribution in [0.25, 0.3) is 0 Å². The number of nitrogens with two attached hydrogens (primary N) is 1. The molecule has 0 spiro atoms. The molecule has 110 valence electrons. The van der Waals surface area contributed by atoms with Gasteiger partial charge >= 0.3 is 0 Å². The molecule has 0 radical (unpaired) electrons. The number of benzene rings is 2. The van der Waals surface area contributed by atoms with Crippen molar-refractivity contribution in [2.75, 3.05) is 18.5 Å². The van der Waals surface area contributed by atoms with Gasteiger partial charge < -0.3 is 15.8 Å². The number of likely N-dealkylation sites (N-methyl/N-ethyl adjacent to an activating group) is 1. The zero-order valence-corrected chi connectivity index (χ0v) is 13.4. The smallest absolute Gasteiger partial charge is 0.172 e. The maximum absolute atomic E-state index is 8.90. The second-order valence-corrected chi connectivity index (χ2v) is 5.72. The maximum Gasteiger partial charge on any atom is 0.172 e. The van der Waals surface area contributed by atoms with Gasteiger partial charge in [-0.15, -0.1) is 0 Å². The third-order valence-corrected chi connectivity index (χ3v) is 3.83. The van der Waals surface area contributed by atoms with E-state index in [9.17, 15) is 0 Å². The highest BCUT2D eigenvalue weighted by atomic mass is 79.9. The van der Waals surface area contributed by atoms with Crippen LogP contribution in [0.1, 0.15) is 11.1 Å². The summed E-state index contributed by atoms with van der Waals surface area (Å²) in [5, 5.41) is 12.0. The van der Waals surface area contributed by atoms with Crippen molar-refractivity contribution in [1.82, 2.24) is 0 Å². The Morgan fingerprint density at radius 1 is 1.24 bits per heavy atom. The van der Waals surface area contributed by atoms with Crippen LogP contribution in [0.5, 0.6) is 0 Å². The molecule has 5 heteroatoms. The molecule has 3 N–H and O–H groups in total. The van der Waals surface area contributed by atoms with Crippen molar-refractivity contribution < 1.29 is 5.21 Å². The molecule has 0 aromatic heterocycles. The quantitative estimate of drug-likeness (QED) is 0.377. The summed E-state index contributed by atoms with van der Waals surface area (Å²) in [6, 6.07) is 16.0. The number of nitrogens with zero attached hydrogens (tertiary/aromatic N) is 2. The second-order valence-electron chi connectivity index (χ2n) is 4.80. The molecule has 2 rings (SSSR count). The Morgan fingerprint density at radius 3 is 2.62 bits per heavy atom. The van der Waals surface area contributed by atoms with Crippen LogP contribution in [0.3, 0.4) is 0 Å². The highest BCUT2D eigenvalue weighted by Crippen LogP contribution is 2.24. The fourth-order valence-electron chi connectivity index (χ4n) is 2.15. The number of oxime groups is 1. The lowest BCUT2D eigenvalue weighted by molar-refractivity contribution is 0.318. The molecule has 0 bridgehead atoms. The third-order valence-electron chi connectivity index (χ3n) is 3.33. The standard InChI is InChI=1S/C16H18BrN3O/c1-20(10-9-12-5-3-2-4-6-12)15-11-13(17)7-8-14(15)16(18)19-21/h2-8,11,21H,9-10H2,1H3,(H2,18,19). The lowest BCUT2D eigenvalue weighted by atomic mass is 10.1. The minimum Gasteiger partial charge on any atom is -0.409 e. The molecule has 0 atom stereocenters. The molecule has 0 aliphatic heterocycles. The molecule has 0 heterocycles. The number of amidine groups is 1. The number of hydrogen-bond acceptors (Lipinski definition) is 3. The molecule has 0 saturated heterocycles. The van der Waals surface area contributed by atoms with Gasteiger partial charge in [-0.05, 0) is 30.2 Å². The predicted octanol–water partition coefficient (Wildman–Crippen LogP) is 3.22. The van der Waals surface area contributed by atoms with Gasteiger partial charge in [0.05, 0.1) is 0 Å². The Bertz CT molecular complexity index is 629. The Labute approximate surface area is 133 Å². The summed E-state index contributed by atoms with van der Waals surface area (Å²) in [4.78, 5) is 2.10. The molecule has 0 aliphatic carbocycles. The zero-order valence-electron chi connectivity index (χ0n) is 11.8. The van der Waals surface area contributed by atoms with Gasteiger partial charge in [0.1, 0.15) is 0 Å². The first kappa shape index (κ1) is 15.4. The van der Waals surface area contributed by atoms with Crippen molar-refractivity contribution in [1.29, 1.82) is 0 Å². The van der Waals surface area contributed by atoms with E-state index >= 15 is 0 Å². The highest BCUT2D eigenvalue weighted by molar-refractivity contribution is 9.10. The molecule has 4 nitrogen and oxygen atoms in total. The Morgan fingerprint density at radius 2 is 1.95 bits per heavy atom. The SMILES string of the molecule is CN(CCc1ccccc1)c1cc(Br)ccc1/C(N)=N/O. The van der Waals surface area contributed by atoms with Crippen LogP contribution in [0.2, 0.25) is 0 Å². The lowest BCUT2D eigenvalue weighted by Crippen LogP contribution is -2.25. The molecule has 0 fully saturated rings. The summed E-state index contributed by atoms with van der Waals surface area (Å²) in [6.07, 6.45) is 0.930. The van der Waals surface area contributed by atoms with E-state index in [1.807, 2.05) is 43.4 Å². The van der Waals surface area contributed by atoms with E-state index in [2.05, 4.69) is 38.1 Å². The molecule has 0 unspecified atom stereocenters. The fourth-order valence-corrected chi connectivity index (χ4v) is 2.50. The Kier molecular flexibility index (Phi) is 5.22. The fraction of sp³-hybridized carbons (Fsp3) is 0.188. The van der Waals surface area contributed by atoms with Crippen molar-refractivity contribution in [3.63, 3.8) is 0 Å². The first-order chi connectivity index (χ1) is 10.1. The second kappa shape index (κ2) is 7.13. The molecular formula is C16H18BrN3O. The van der Waals surface area contributed by atoms with E-state index in [1.165, 1.54) is 5.56 Å².